The first-order valence-electron chi connectivity index (χ1n) is 8.03. The van der Waals surface area contributed by atoms with E-state index in [4.69, 9.17) is 4.99 Å². The van der Waals surface area contributed by atoms with Crippen LogP contribution in [0, 0.1) is 0 Å². The Hall–Kier alpha value is -2.51. The summed E-state index contributed by atoms with van der Waals surface area (Å²) in [5.74, 6) is 0. The van der Waals surface area contributed by atoms with Crippen molar-refractivity contribution in [2.45, 2.75) is 19.5 Å². The molecule has 0 amide bonds. The van der Waals surface area contributed by atoms with Crippen LogP contribution in [-0.2, 0) is 13.1 Å². The molecule has 4 aromatic heterocycles. The van der Waals surface area contributed by atoms with Crippen molar-refractivity contribution in [3.05, 3.63) is 70.9 Å². The minimum absolute atomic E-state index is 0.880. The summed E-state index contributed by atoms with van der Waals surface area (Å²) < 4.78 is 4.41. The Bertz CT molecular complexity index is 966. The van der Waals surface area contributed by atoms with Gasteiger partial charge in [-0.15, -0.1) is 22.7 Å². The topological polar surface area (TPSA) is 48.0 Å². The third-order valence-electron chi connectivity index (χ3n) is 3.80. The van der Waals surface area contributed by atoms with Crippen molar-refractivity contribution in [3.63, 3.8) is 0 Å². The van der Waals surface area contributed by atoms with Gasteiger partial charge in [0.25, 0.3) is 0 Å². The van der Waals surface area contributed by atoms with Gasteiger partial charge in [-0.05, 0) is 30.0 Å². The highest BCUT2D eigenvalue weighted by atomic mass is 32.1. The van der Waals surface area contributed by atoms with Gasteiger partial charge in [0.1, 0.15) is 0 Å². The number of thiazole rings is 1. The monoisotopic (exact) mass is 367 g/mol. The predicted octanol–water partition coefficient (Wildman–Crippen LogP) is 4.19. The number of thiophene rings is 1. The van der Waals surface area contributed by atoms with Crippen molar-refractivity contribution in [1.82, 2.24) is 19.1 Å². The fourth-order valence-electron chi connectivity index (χ4n) is 2.62. The molecule has 0 unspecified atom stereocenters. The van der Waals surface area contributed by atoms with E-state index < -0.39 is 0 Å². The van der Waals surface area contributed by atoms with Crippen molar-refractivity contribution in [3.8, 4) is 10.6 Å². The smallest absolute Gasteiger partial charge is 0.190 e. The van der Waals surface area contributed by atoms with Crippen LogP contribution in [0.25, 0.3) is 10.6 Å². The average Bonchev–Trinajstić information content (AvgIpc) is 3.38. The standard InChI is InChI=1S/C18H17N5S2/c1-4-15(12-19-6-1)21-18-23(9-3-8-22-10-7-20-14-22)16(13-25-18)17-5-2-11-24-17/h1-2,4-7,10-14H,3,8-9H2. The molecule has 0 N–H and O–H groups in total. The highest BCUT2D eigenvalue weighted by molar-refractivity contribution is 7.14. The largest absolute Gasteiger partial charge is 0.337 e. The molecule has 4 aromatic rings. The van der Waals surface area contributed by atoms with E-state index in [1.165, 1.54) is 10.6 Å². The lowest BCUT2D eigenvalue weighted by molar-refractivity contribution is 0.559. The molecule has 126 valence electrons. The number of pyridine rings is 1. The first-order valence-corrected chi connectivity index (χ1v) is 9.79. The van der Waals surface area contributed by atoms with E-state index in [-0.39, 0.29) is 0 Å². The SMILES string of the molecule is c1cncc(N=c2scc(-c3cccs3)n2CCCn2ccnc2)c1. The molecule has 4 heterocycles. The number of aromatic nitrogens is 4. The van der Waals surface area contributed by atoms with E-state index in [9.17, 15) is 0 Å². The number of imidazole rings is 1. The first-order chi connectivity index (χ1) is 12.4. The van der Waals surface area contributed by atoms with Crippen LogP contribution < -0.4 is 4.80 Å². The van der Waals surface area contributed by atoms with Crippen LogP contribution in [-0.4, -0.2) is 19.1 Å². The summed E-state index contributed by atoms with van der Waals surface area (Å²) in [6.45, 7) is 1.85. The van der Waals surface area contributed by atoms with Crippen molar-refractivity contribution >= 4 is 28.4 Å². The van der Waals surface area contributed by atoms with Crippen LogP contribution in [0.5, 0.6) is 0 Å². The molecule has 25 heavy (non-hydrogen) atoms. The number of rotatable bonds is 6. The Balaban J connectivity index is 1.65. The molecular formula is C18H17N5S2. The van der Waals surface area contributed by atoms with Crippen LogP contribution >= 0.6 is 22.7 Å². The minimum Gasteiger partial charge on any atom is -0.337 e. The van der Waals surface area contributed by atoms with Gasteiger partial charge in [-0.3, -0.25) is 4.98 Å². The molecule has 0 bridgehead atoms. The van der Waals surface area contributed by atoms with E-state index in [2.05, 4.69) is 42.0 Å². The first kappa shape index (κ1) is 16.0. The highest BCUT2D eigenvalue weighted by Gasteiger charge is 2.09. The zero-order valence-corrected chi connectivity index (χ0v) is 15.2. The summed E-state index contributed by atoms with van der Waals surface area (Å²) in [6, 6.07) is 8.14. The van der Waals surface area contributed by atoms with Crippen molar-refractivity contribution in [2.24, 2.45) is 4.99 Å². The van der Waals surface area contributed by atoms with Gasteiger partial charge in [-0.1, -0.05) is 6.07 Å². The average molecular weight is 368 g/mol. The van der Waals surface area contributed by atoms with Gasteiger partial charge in [-0.2, -0.15) is 0 Å². The van der Waals surface area contributed by atoms with E-state index in [1.807, 2.05) is 30.9 Å². The van der Waals surface area contributed by atoms with E-state index in [1.54, 1.807) is 35.1 Å². The van der Waals surface area contributed by atoms with Gasteiger partial charge >= 0.3 is 0 Å². The van der Waals surface area contributed by atoms with E-state index >= 15 is 0 Å². The lowest BCUT2D eigenvalue weighted by Gasteiger charge is -2.08. The maximum Gasteiger partial charge on any atom is 0.190 e. The zero-order valence-electron chi connectivity index (χ0n) is 13.5. The van der Waals surface area contributed by atoms with Gasteiger partial charge in [0, 0.05) is 37.1 Å². The normalized spacial score (nSPS) is 11.9. The van der Waals surface area contributed by atoms with Crippen LogP contribution in [0.15, 0.2) is 71.1 Å². The molecule has 0 aliphatic carbocycles. The number of hydrogen-bond donors (Lipinski definition) is 0. The summed E-state index contributed by atoms with van der Waals surface area (Å²) in [5, 5.41) is 4.30. The molecule has 7 heteroatoms. The highest BCUT2D eigenvalue weighted by Crippen LogP contribution is 2.25. The number of aryl methyl sites for hydroxylation is 1. The second kappa shape index (κ2) is 7.58. The Morgan fingerprint density at radius 2 is 2.04 bits per heavy atom. The molecule has 0 saturated carbocycles. The maximum absolute atomic E-state index is 4.79. The Kier molecular flexibility index (Phi) is 4.85. The Morgan fingerprint density at radius 3 is 2.80 bits per heavy atom. The summed E-state index contributed by atoms with van der Waals surface area (Å²) in [7, 11) is 0. The fourth-order valence-corrected chi connectivity index (χ4v) is 4.39. The summed E-state index contributed by atoms with van der Waals surface area (Å²) in [5.41, 5.74) is 2.11. The third-order valence-corrected chi connectivity index (χ3v) is 5.56. The second-order valence-electron chi connectivity index (χ2n) is 5.51. The quantitative estimate of drug-likeness (QED) is 0.513. The molecule has 0 aromatic carbocycles. The molecule has 0 atom stereocenters. The van der Waals surface area contributed by atoms with Crippen LogP contribution in [0.3, 0.4) is 0 Å². The second-order valence-corrected chi connectivity index (χ2v) is 7.29. The van der Waals surface area contributed by atoms with Crippen LogP contribution in [0.2, 0.25) is 0 Å². The molecule has 0 aliphatic rings. The fraction of sp³-hybridized carbons (Fsp3) is 0.167. The molecule has 5 nitrogen and oxygen atoms in total. The lowest BCUT2D eigenvalue weighted by Crippen LogP contribution is -2.16. The lowest BCUT2D eigenvalue weighted by atomic mass is 10.3. The minimum atomic E-state index is 0.880. The molecule has 4 rings (SSSR count). The summed E-state index contributed by atoms with van der Waals surface area (Å²) in [4.78, 5) is 15.3. The Labute approximate surface area is 153 Å². The predicted molar refractivity (Wildman–Crippen MR) is 102 cm³/mol. The van der Waals surface area contributed by atoms with E-state index in [0.29, 0.717) is 0 Å². The third kappa shape index (κ3) is 3.78. The zero-order chi connectivity index (χ0) is 16.9. The molecule has 0 aliphatic heterocycles. The maximum atomic E-state index is 4.79. The number of hydrogen-bond acceptors (Lipinski definition) is 5. The van der Waals surface area contributed by atoms with Gasteiger partial charge in [0.15, 0.2) is 4.80 Å². The summed E-state index contributed by atoms with van der Waals surface area (Å²) in [6.07, 6.45) is 10.3. The molecule has 0 radical (unpaired) electrons. The van der Waals surface area contributed by atoms with Crippen LogP contribution in [0.1, 0.15) is 6.42 Å². The van der Waals surface area contributed by atoms with Crippen LogP contribution in [0.4, 0.5) is 5.69 Å². The van der Waals surface area contributed by atoms with Gasteiger partial charge in [0.05, 0.1) is 28.8 Å². The van der Waals surface area contributed by atoms with Crippen molar-refractivity contribution in [1.29, 1.82) is 0 Å². The Morgan fingerprint density at radius 1 is 1.04 bits per heavy atom. The summed E-state index contributed by atoms with van der Waals surface area (Å²) >= 11 is 3.43. The van der Waals surface area contributed by atoms with E-state index in [0.717, 1.165) is 30.0 Å². The van der Waals surface area contributed by atoms with Gasteiger partial charge in [-0.25, -0.2) is 9.98 Å². The van der Waals surface area contributed by atoms with Crippen molar-refractivity contribution < 1.29 is 0 Å². The van der Waals surface area contributed by atoms with Crippen molar-refractivity contribution in [2.75, 3.05) is 0 Å². The molecule has 0 fully saturated rings. The van der Waals surface area contributed by atoms with Gasteiger partial charge in [0.2, 0.25) is 0 Å². The number of nitrogens with zero attached hydrogens (tertiary/aromatic N) is 5. The molecule has 0 saturated heterocycles. The van der Waals surface area contributed by atoms with Gasteiger partial charge < -0.3 is 9.13 Å². The molecular weight excluding hydrogens is 350 g/mol. The molecule has 0 spiro atoms.